The molecule has 1 aliphatic heterocycles. The van der Waals surface area contributed by atoms with Crippen LogP contribution in [0, 0.1) is 5.92 Å². The zero-order valence-electron chi connectivity index (χ0n) is 16.6. The number of benzene rings is 2. The third-order valence-corrected chi connectivity index (χ3v) is 8.42. The highest BCUT2D eigenvalue weighted by Crippen LogP contribution is 2.30. The number of para-hydroxylation sites is 1. The van der Waals surface area contributed by atoms with Crippen molar-refractivity contribution in [2.24, 2.45) is 5.92 Å². The molecule has 0 aliphatic carbocycles. The van der Waals surface area contributed by atoms with Crippen molar-refractivity contribution in [3.05, 3.63) is 58.1 Å². The Kier molecular flexibility index (Phi) is 8.10. The molecule has 1 aliphatic rings. The molecule has 1 saturated heterocycles. The fourth-order valence-corrected chi connectivity index (χ4v) is 6.56. The zero-order chi connectivity index (χ0) is 21.7. The van der Waals surface area contributed by atoms with Crippen LogP contribution in [0.4, 0.5) is 5.69 Å². The van der Waals surface area contributed by atoms with Crippen molar-refractivity contribution in [2.75, 3.05) is 24.2 Å². The third-order valence-electron chi connectivity index (χ3n) is 4.98. The molecule has 2 aromatic rings. The van der Waals surface area contributed by atoms with Gasteiger partial charge in [-0.05, 0) is 42.9 Å². The molecule has 1 atom stereocenters. The maximum Gasteiger partial charge on any atom is 0.228 e. The number of rotatable bonds is 7. The molecule has 0 bridgehead atoms. The standard InChI is InChI=1S/C21H24Cl2N2O3S2/c1-2-29-20-11-4-3-10-19(20)24-21(26)15-7-6-12-25(13-15)30(27,28)14-16-17(22)8-5-9-18(16)23/h3-5,8-11,15H,2,6-7,12-14H2,1H3,(H,24,26). The first-order valence-electron chi connectivity index (χ1n) is 9.75. The van der Waals surface area contributed by atoms with Gasteiger partial charge in [-0.3, -0.25) is 4.79 Å². The predicted octanol–water partition coefficient (Wildman–Crippen LogP) is 5.29. The van der Waals surface area contributed by atoms with E-state index < -0.39 is 15.9 Å². The van der Waals surface area contributed by atoms with Crippen molar-refractivity contribution < 1.29 is 13.2 Å². The van der Waals surface area contributed by atoms with Gasteiger partial charge in [0.15, 0.2) is 0 Å². The molecule has 0 radical (unpaired) electrons. The summed E-state index contributed by atoms with van der Waals surface area (Å²) in [5.74, 6) is 0.0488. The summed E-state index contributed by atoms with van der Waals surface area (Å²) in [6.45, 7) is 2.59. The number of nitrogens with zero attached hydrogens (tertiary/aromatic N) is 1. The number of carbonyl (C=O) groups excluding carboxylic acids is 1. The van der Waals surface area contributed by atoms with Crippen molar-refractivity contribution >= 4 is 56.6 Å². The number of piperidine rings is 1. The Balaban J connectivity index is 1.71. The van der Waals surface area contributed by atoms with Gasteiger partial charge in [-0.25, -0.2) is 12.7 Å². The summed E-state index contributed by atoms with van der Waals surface area (Å²) in [5, 5.41) is 3.62. The van der Waals surface area contributed by atoms with Crippen molar-refractivity contribution in [1.29, 1.82) is 0 Å². The average Bonchev–Trinajstić information content (AvgIpc) is 2.72. The SMILES string of the molecule is CCSc1ccccc1NC(=O)C1CCCN(S(=O)(=O)Cc2c(Cl)cccc2Cl)C1. The van der Waals surface area contributed by atoms with Gasteiger partial charge < -0.3 is 5.32 Å². The predicted molar refractivity (Wildman–Crippen MR) is 125 cm³/mol. The summed E-state index contributed by atoms with van der Waals surface area (Å²) in [7, 11) is -3.66. The fraction of sp³-hybridized carbons (Fsp3) is 0.381. The van der Waals surface area contributed by atoms with Gasteiger partial charge in [0.2, 0.25) is 15.9 Å². The number of anilines is 1. The van der Waals surface area contributed by atoms with Crippen LogP contribution in [0.3, 0.4) is 0 Å². The van der Waals surface area contributed by atoms with Crippen LogP contribution in [0.5, 0.6) is 0 Å². The van der Waals surface area contributed by atoms with Crippen molar-refractivity contribution in [2.45, 2.75) is 30.4 Å². The van der Waals surface area contributed by atoms with Crippen LogP contribution < -0.4 is 5.32 Å². The minimum Gasteiger partial charge on any atom is -0.325 e. The molecule has 9 heteroatoms. The Morgan fingerprint density at radius 3 is 2.57 bits per heavy atom. The maximum atomic E-state index is 13.0. The normalized spacial score (nSPS) is 17.6. The van der Waals surface area contributed by atoms with Gasteiger partial charge in [-0.15, -0.1) is 11.8 Å². The van der Waals surface area contributed by atoms with E-state index in [0.29, 0.717) is 35.0 Å². The average molecular weight is 487 g/mol. The van der Waals surface area contributed by atoms with Crippen molar-refractivity contribution in [3.63, 3.8) is 0 Å². The highest BCUT2D eigenvalue weighted by molar-refractivity contribution is 7.99. The van der Waals surface area contributed by atoms with Crippen LogP contribution in [-0.4, -0.2) is 37.5 Å². The van der Waals surface area contributed by atoms with Gasteiger partial charge in [0.25, 0.3) is 0 Å². The molecule has 1 heterocycles. The van der Waals surface area contributed by atoms with Gasteiger partial charge in [0.1, 0.15) is 0 Å². The molecule has 0 aromatic heterocycles. The van der Waals surface area contributed by atoms with Gasteiger partial charge in [-0.2, -0.15) is 0 Å². The second-order valence-corrected chi connectivity index (χ2v) is 11.2. The number of hydrogen-bond acceptors (Lipinski definition) is 4. The van der Waals surface area contributed by atoms with Crippen LogP contribution in [-0.2, 0) is 20.6 Å². The molecule has 5 nitrogen and oxygen atoms in total. The molecular formula is C21H24Cl2N2O3S2. The number of amides is 1. The number of halogens is 2. The number of sulfonamides is 1. The quantitative estimate of drug-likeness (QED) is 0.540. The van der Waals surface area contributed by atoms with E-state index in [9.17, 15) is 13.2 Å². The summed E-state index contributed by atoms with van der Waals surface area (Å²) >= 11 is 14.0. The van der Waals surface area contributed by atoms with E-state index in [2.05, 4.69) is 12.2 Å². The van der Waals surface area contributed by atoms with Gasteiger partial charge in [0, 0.05) is 33.6 Å². The Morgan fingerprint density at radius 2 is 1.87 bits per heavy atom. The zero-order valence-corrected chi connectivity index (χ0v) is 19.8. The van der Waals surface area contributed by atoms with Crippen molar-refractivity contribution in [1.82, 2.24) is 4.31 Å². The van der Waals surface area contributed by atoms with Gasteiger partial charge in [-0.1, -0.05) is 48.3 Å². The third kappa shape index (κ3) is 5.71. The van der Waals surface area contributed by atoms with E-state index in [4.69, 9.17) is 23.2 Å². The first kappa shape index (κ1) is 23.4. The monoisotopic (exact) mass is 486 g/mol. The van der Waals surface area contributed by atoms with Crippen LogP contribution >= 0.6 is 35.0 Å². The molecule has 3 rings (SSSR count). The van der Waals surface area contributed by atoms with E-state index in [1.807, 2.05) is 24.3 Å². The lowest BCUT2D eigenvalue weighted by molar-refractivity contribution is -0.120. The second-order valence-electron chi connectivity index (χ2n) is 7.07. The molecule has 1 amide bonds. The highest BCUT2D eigenvalue weighted by Gasteiger charge is 2.33. The maximum absolute atomic E-state index is 13.0. The molecule has 30 heavy (non-hydrogen) atoms. The number of hydrogen-bond donors (Lipinski definition) is 1. The molecule has 1 unspecified atom stereocenters. The molecule has 1 fully saturated rings. The van der Waals surface area contributed by atoms with Crippen LogP contribution in [0.15, 0.2) is 47.4 Å². The summed E-state index contributed by atoms with van der Waals surface area (Å²) in [5.41, 5.74) is 1.15. The van der Waals surface area contributed by atoms with Crippen LogP contribution in [0.25, 0.3) is 0 Å². The lowest BCUT2D eigenvalue weighted by Crippen LogP contribution is -2.44. The Hall–Kier alpha value is -1.25. The minimum atomic E-state index is -3.66. The van der Waals surface area contributed by atoms with Crippen LogP contribution in [0.2, 0.25) is 10.0 Å². The largest absolute Gasteiger partial charge is 0.325 e. The molecule has 2 aromatic carbocycles. The molecule has 0 saturated carbocycles. The number of nitrogens with one attached hydrogen (secondary N) is 1. The van der Waals surface area contributed by atoms with E-state index in [-0.39, 0.29) is 18.2 Å². The van der Waals surface area contributed by atoms with E-state index in [1.54, 1.807) is 30.0 Å². The highest BCUT2D eigenvalue weighted by atomic mass is 35.5. The van der Waals surface area contributed by atoms with E-state index in [1.165, 1.54) is 4.31 Å². The second kappa shape index (κ2) is 10.4. The lowest BCUT2D eigenvalue weighted by Gasteiger charge is -2.31. The van der Waals surface area contributed by atoms with Crippen molar-refractivity contribution in [3.8, 4) is 0 Å². The Labute approximate surface area is 192 Å². The van der Waals surface area contributed by atoms with Gasteiger partial charge >= 0.3 is 0 Å². The summed E-state index contributed by atoms with van der Waals surface area (Å²) < 4.78 is 27.4. The summed E-state index contributed by atoms with van der Waals surface area (Å²) in [6, 6.07) is 12.6. The number of thioether (sulfide) groups is 1. The smallest absolute Gasteiger partial charge is 0.228 e. The fourth-order valence-electron chi connectivity index (χ4n) is 3.44. The molecule has 162 valence electrons. The number of carbonyl (C=O) groups is 1. The summed E-state index contributed by atoms with van der Waals surface area (Å²) in [4.78, 5) is 13.9. The Morgan fingerprint density at radius 1 is 1.17 bits per heavy atom. The minimum absolute atomic E-state index is 0.152. The molecular weight excluding hydrogens is 463 g/mol. The summed E-state index contributed by atoms with van der Waals surface area (Å²) in [6.07, 6.45) is 1.27. The topological polar surface area (TPSA) is 66.5 Å². The Bertz CT molecular complexity index is 995. The lowest BCUT2D eigenvalue weighted by atomic mass is 9.99. The van der Waals surface area contributed by atoms with E-state index >= 15 is 0 Å². The molecule has 0 spiro atoms. The first-order chi connectivity index (χ1) is 14.3. The van der Waals surface area contributed by atoms with Crippen LogP contribution in [0.1, 0.15) is 25.3 Å². The van der Waals surface area contributed by atoms with E-state index in [0.717, 1.165) is 16.3 Å². The van der Waals surface area contributed by atoms with Gasteiger partial charge in [0.05, 0.1) is 17.4 Å². The first-order valence-corrected chi connectivity index (χ1v) is 13.1. The molecule has 1 N–H and O–H groups in total.